The average Bonchev–Trinajstić information content (AvgIpc) is 2.20. The van der Waals surface area contributed by atoms with Crippen LogP contribution in [0.15, 0.2) is 24.3 Å². The van der Waals surface area contributed by atoms with Gasteiger partial charge in [0.15, 0.2) is 0 Å². The summed E-state index contributed by atoms with van der Waals surface area (Å²) >= 11 is 5.01. The first-order valence-electron chi connectivity index (χ1n) is 5.42. The first kappa shape index (κ1) is 13.0. The molecule has 0 aliphatic heterocycles. The van der Waals surface area contributed by atoms with Crippen LogP contribution in [0.3, 0.4) is 0 Å². The van der Waals surface area contributed by atoms with Gasteiger partial charge in [0.2, 0.25) is 0 Å². The van der Waals surface area contributed by atoms with Crippen LogP contribution >= 0.6 is 12.2 Å². The zero-order chi connectivity index (χ0) is 12.2. The molecule has 88 valence electrons. The van der Waals surface area contributed by atoms with Gasteiger partial charge in [-0.25, -0.2) is 0 Å². The molecule has 2 nitrogen and oxygen atoms in total. The molecule has 0 amide bonds. The minimum absolute atomic E-state index is 0.141. The molecule has 0 spiro atoms. The minimum atomic E-state index is -0.141. The maximum atomic E-state index is 5.71. The molecule has 16 heavy (non-hydrogen) atoms. The van der Waals surface area contributed by atoms with E-state index in [1.54, 1.807) is 0 Å². The van der Waals surface area contributed by atoms with Gasteiger partial charge in [0.05, 0.1) is 11.6 Å². The molecule has 0 aliphatic rings. The number of benzene rings is 1. The standard InChI is InChI=1S/C13H19NOS/c1-10-6-4-5-7-11(10)15-9-8-13(2,3)12(14)16/h4-7H,8-9H2,1-3H3,(H2,14,16). The molecule has 2 N–H and O–H groups in total. The summed E-state index contributed by atoms with van der Waals surface area (Å²) in [4.78, 5) is 0.542. The topological polar surface area (TPSA) is 35.2 Å². The Balaban J connectivity index is 2.48. The first-order valence-corrected chi connectivity index (χ1v) is 5.82. The molecule has 0 radical (unpaired) electrons. The fraction of sp³-hybridized carbons (Fsp3) is 0.462. The maximum absolute atomic E-state index is 5.71. The number of rotatable bonds is 5. The van der Waals surface area contributed by atoms with E-state index in [1.165, 1.54) is 0 Å². The molecule has 0 atom stereocenters. The molecule has 0 aromatic heterocycles. The minimum Gasteiger partial charge on any atom is -0.493 e. The molecule has 1 aromatic rings. The van der Waals surface area contributed by atoms with Gasteiger partial charge in [-0.1, -0.05) is 44.3 Å². The molecule has 0 fully saturated rings. The lowest BCUT2D eigenvalue weighted by Crippen LogP contribution is -2.31. The van der Waals surface area contributed by atoms with Gasteiger partial charge in [-0.3, -0.25) is 0 Å². The van der Waals surface area contributed by atoms with Crippen LogP contribution in [0.25, 0.3) is 0 Å². The van der Waals surface area contributed by atoms with E-state index in [1.807, 2.05) is 45.0 Å². The summed E-state index contributed by atoms with van der Waals surface area (Å²) in [6, 6.07) is 7.99. The number of ether oxygens (including phenoxy) is 1. The van der Waals surface area contributed by atoms with E-state index in [0.29, 0.717) is 11.6 Å². The molecular weight excluding hydrogens is 218 g/mol. The van der Waals surface area contributed by atoms with Gasteiger partial charge in [-0.05, 0) is 25.0 Å². The highest BCUT2D eigenvalue weighted by Gasteiger charge is 2.21. The summed E-state index contributed by atoms with van der Waals surface area (Å²) in [7, 11) is 0. The molecule has 3 heteroatoms. The van der Waals surface area contributed by atoms with E-state index in [0.717, 1.165) is 17.7 Å². The SMILES string of the molecule is Cc1ccccc1OCCC(C)(C)C(N)=S. The molecular formula is C13H19NOS. The lowest BCUT2D eigenvalue weighted by atomic mass is 9.90. The number of aryl methyl sites for hydroxylation is 1. The van der Waals surface area contributed by atoms with Crippen molar-refractivity contribution in [3.05, 3.63) is 29.8 Å². The second-order valence-electron chi connectivity index (χ2n) is 4.61. The molecule has 0 saturated heterocycles. The van der Waals surface area contributed by atoms with Crippen molar-refractivity contribution in [1.29, 1.82) is 0 Å². The second kappa shape index (κ2) is 5.30. The van der Waals surface area contributed by atoms with Crippen molar-refractivity contribution in [3.8, 4) is 5.75 Å². The van der Waals surface area contributed by atoms with Gasteiger partial charge in [0.25, 0.3) is 0 Å². The number of hydrogen-bond donors (Lipinski definition) is 1. The zero-order valence-electron chi connectivity index (χ0n) is 10.1. The fourth-order valence-electron chi connectivity index (χ4n) is 1.26. The quantitative estimate of drug-likeness (QED) is 0.799. The Bertz CT molecular complexity index is 374. The molecule has 0 heterocycles. The van der Waals surface area contributed by atoms with Crippen molar-refractivity contribution in [2.45, 2.75) is 27.2 Å². The van der Waals surface area contributed by atoms with Crippen molar-refractivity contribution in [2.24, 2.45) is 11.1 Å². The van der Waals surface area contributed by atoms with Crippen molar-refractivity contribution >= 4 is 17.2 Å². The Morgan fingerprint density at radius 3 is 2.56 bits per heavy atom. The third-order valence-corrected chi connectivity index (χ3v) is 3.30. The Labute approximate surface area is 103 Å². The monoisotopic (exact) mass is 237 g/mol. The first-order chi connectivity index (χ1) is 7.43. The Morgan fingerprint density at radius 1 is 1.38 bits per heavy atom. The van der Waals surface area contributed by atoms with E-state index < -0.39 is 0 Å². The summed E-state index contributed by atoms with van der Waals surface area (Å²) in [6.45, 7) is 6.75. The van der Waals surface area contributed by atoms with Crippen LogP contribution in [0, 0.1) is 12.3 Å². The van der Waals surface area contributed by atoms with Crippen molar-refractivity contribution in [2.75, 3.05) is 6.61 Å². The molecule has 0 aliphatic carbocycles. The van der Waals surface area contributed by atoms with E-state index >= 15 is 0 Å². The number of nitrogens with two attached hydrogens (primary N) is 1. The largest absolute Gasteiger partial charge is 0.493 e. The number of para-hydroxylation sites is 1. The van der Waals surface area contributed by atoms with Gasteiger partial charge in [-0.15, -0.1) is 0 Å². The average molecular weight is 237 g/mol. The van der Waals surface area contributed by atoms with Gasteiger partial charge in [-0.2, -0.15) is 0 Å². The molecule has 0 unspecified atom stereocenters. The highest BCUT2D eigenvalue weighted by Crippen LogP contribution is 2.22. The van der Waals surface area contributed by atoms with Crippen LogP contribution in [0.2, 0.25) is 0 Å². The van der Waals surface area contributed by atoms with Crippen molar-refractivity contribution in [3.63, 3.8) is 0 Å². The van der Waals surface area contributed by atoms with Crippen molar-refractivity contribution < 1.29 is 4.74 Å². The highest BCUT2D eigenvalue weighted by molar-refractivity contribution is 7.80. The Morgan fingerprint density at radius 2 is 2.00 bits per heavy atom. The second-order valence-corrected chi connectivity index (χ2v) is 5.05. The lowest BCUT2D eigenvalue weighted by molar-refractivity contribution is 0.269. The van der Waals surface area contributed by atoms with Crippen molar-refractivity contribution in [1.82, 2.24) is 0 Å². The summed E-state index contributed by atoms with van der Waals surface area (Å²) in [5.41, 5.74) is 6.66. The van der Waals surface area contributed by atoms with Crippen LogP contribution in [0.1, 0.15) is 25.8 Å². The predicted octanol–water partition coefficient (Wildman–Crippen LogP) is 3.08. The number of hydrogen-bond acceptors (Lipinski definition) is 2. The molecule has 1 rings (SSSR count). The maximum Gasteiger partial charge on any atom is 0.122 e. The Hall–Kier alpha value is -1.09. The summed E-state index contributed by atoms with van der Waals surface area (Å²) in [5.74, 6) is 0.932. The predicted molar refractivity (Wildman–Crippen MR) is 71.9 cm³/mol. The summed E-state index contributed by atoms with van der Waals surface area (Å²) in [5, 5.41) is 0. The van der Waals surface area contributed by atoms with Gasteiger partial charge < -0.3 is 10.5 Å². The molecule has 0 bridgehead atoms. The summed E-state index contributed by atoms with van der Waals surface area (Å²) in [6.07, 6.45) is 0.830. The summed E-state index contributed by atoms with van der Waals surface area (Å²) < 4.78 is 5.71. The third-order valence-electron chi connectivity index (χ3n) is 2.75. The lowest BCUT2D eigenvalue weighted by Gasteiger charge is -2.23. The third kappa shape index (κ3) is 3.49. The van der Waals surface area contributed by atoms with Gasteiger partial charge in [0, 0.05) is 5.41 Å². The normalized spacial score (nSPS) is 11.2. The fourth-order valence-corrected chi connectivity index (χ4v) is 1.36. The van der Waals surface area contributed by atoms with Gasteiger partial charge in [0.1, 0.15) is 5.75 Å². The van der Waals surface area contributed by atoms with Gasteiger partial charge >= 0.3 is 0 Å². The van der Waals surface area contributed by atoms with Crippen LogP contribution in [-0.2, 0) is 0 Å². The van der Waals surface area contributed by atoms with Crippen LogP contribution in [-0.4, -0.2) is 11.6 Å². The Kier molecular flexibility index (Phi) is 4.30. The smallest absolute Gasteiger partial charge is 0.122 e. The zero-order valence-corrected chi connectivity index (χ0v) is 10.9. The van der Waals surface area contributed by atoms with Crippen LogP contribution in [0.5, 0.6) is 5.75 Å². The van der Waals surface area contributed by atoms with E-state index in [4.69, 9.17) is 22.7 Å². The number of thiocarbonyl (C=S) groups is 1. The van der Waals surface area contributed by atoms with E-state index in [2.05, 4.69) is 0 Å². The van der Waals surface area contributed by atoms with Crippen LogP contribution < -0.4 is 10.5 Å². The van der Waals surface area contributed by atoms with E-state index in [9.17, 15) is 0 Å². The van der Waals surface area contributed by atoms with E-state index in [-0.39, 0.29) is 5.41 Å². The molecule has 1 aromatic carbocycles. The van der Waals surface area contributed by atoms with Crippen LogP contribution in [0.4, 0.5) is 0 Å². The highest BCUT2D eigenvalue weighted by atomic mass is 32.1. The molecule has 0 saturated carbocycles.